The lowest BCUT2D eigenvalue weighted by molar-refractivity contribution is -0.245. The van der Waals surface area contributed by atoms with Crippen LogP contribution in [0.1, 0.15) is 66.8 Å². The van der Waals surface area contributed by atoms with Crippen LogP contribution in [0.25, 0.3) is 33.7 Å². The van der Waals surface area contributed by atoms with E-state index in [0.29, 0.717) is 61.0 Å². The number of nitrogen functional groups attached to an aromatic ring is 1. The van der Waals surface area contributed by atoms with Crippen molar-refractivity contribution in [3.63, 3.8) is 0 Å². The van der Waals surface area contributed by atoms with Gasteiger partial charge in [0.1, 0.15) is 5.69 Å². The van der Waals surface area contributed by atoms with Crippen LogP contribution in [0.15, 0.2) is 167 Å². The minimum atomic E-state index is -0.637. The van der Waals surface area contributed by atoms with E-state index >= 15 is 0 Å². The molecule has 2 amide bonds. The van der Waals surface area contributed by atoms with Crippen molar-refractivity contribution >= 4 is 35.0 Å². The molecule has 1 aromatic heterocycles. The van der Waals surface area contributed by atoms with Crippen molar-refractivity contribution in [1.29, 1.82) is 0 Å². The Hall–Kier alpha value is -6.50. The smallest absolute Gasteiger partial charge is 0.256 e. The van der Waals surface area contributed by atoms with Crippen LogP contribution in [-0.4, -0.2) is 33.8 Å². The quantitative estimate of drug-likeness (QED) is 0.0399. The van der Waals surface area contributed by atoms with Gasteiger partial charge in [-0.05, 0) is 52.8 Å². The summed E-state index contributed by atoms with van der Waals surface area (Å²) in [6.07, 6.45) is 1.36. The van der Waals surface area contributed by atoms with Gasteiger partial charge in [0.15, 0.2) is 12.1 Å². The van der Waals surface area contributed by atoms with Crippen molar-refractivity contribution in [3.05, 3.63) is 180 Å². The standard InChI is InChI=1S/C52H50N4O6S/c53-44-19-9-10-20-45(44)55-48(59)22-12-11-21-47(58)54-32-41-17-7-8-18-43(41)36-27-29-40(30-28-36)51-60-42(31-46(61-51)37-25-23-35(33-57)24-26-37)34-63-52-56-49(38-13-3-1-4-14-38)50(62-52)39-15-5-2-6-16-39/h1-10,13-20,23-30,42,46,51,57H,11-12,21-22,31-34,53H2,(H,54,58)(H,55,59). The number of ether oxygens (including phenoxy) is 2. The van der Waals surface area contributed by atoms with Gasteiger partial charge in [-0.3, -0.25) is 9.59 Å². The van der Waals surface area contributed by atoms with Gasteiger partial charge >= 0.3 is 0 Å². The topological polar surface area (TPSA) is 149 Å². The molecular formula is C52H50N4O6S. The predicted octanol–water partition coefficient (Wildman–Crippen LogP) is 10.9. The number of carbonyl (C=O) groups excluding carboxylic acids is 2. The minimum Gasteiger partial charge on any atom is -0.431 e. The highest BCUT2D eigenvalue weighted by Gasteiger charge is 2.33. The number of amides is 2. The molecule has 0 radical (unpaired) electrons. The average molecular weight is 859 g/mol. The van der Waals surface area contributed by atoms with E-state index < -0.39 is 6.29 Å². The number of aromatic nitrogens is 1. The van der Waals surface area contributed by atoms with Gasteiger partial charge in [0.2, 0.25) is 11.8 Å². The van der Waals surface area contributed by atoms with Crippen molar-refractivity contribution in [2.75, 3.05) is 16.8 Å². The zero-order chi connectivity index (χ0) is 43.4. The third-order valence-corrected chi connectivity index (χ3v) is 11.9. The number of nitrogens with one attached hydrogen (secondary N) is 2. The molecule has 1 aliphatic rings. The molecule has 3 unspecified atom stereocenters. The SMILES string of the molecule is Nc1ccccc1NC(=O)CCCCC(=O)NCc1ccccc1-c1ccc(C2OC(CSc3nc(-c4ccccc4)c(-c4ccccc4)o3)CC(c3ccc(CO)cc3)O2)cc1. The molecule has 0 aliphatic carbocycles. The Kier molecular flexibility index (Phi) is 14.4. The summed E-state index contributed by atoms with van der Waals surface area (Å²) < 4.78 is 19.8. The summed E-state index contributed by atoms with van der Waals surface area (Å²) in [6.45, 7) is 0.346. The molecule has 3 atom stereocenters. The van der Waals surface area contributed by atoms with E-state index in [1.807, 2.05) is 127 Å². The fourth-order valence-corrected chi connectivity index (χ4v) is 8.42. The van der Waals surface area contributed by atoms with Crippen LogP contribution in [0.3, 0.4) is 0 Å². The number of unbranched alkanes of at least 4 members (excludes halogenated alkanes) is 1. The molecule has 320 valence electrons. The van der Waals surface area contributed by atoms with Gasteiger partial charge in [-0.15, -0.1) is 0 Å². The Morgan fingerprint density at radius 3 is 2.08 bits per heavy atom. The second-order valence-corrected chi connectivity index (χ2v) is 16.4. The van der Waals surface area contributed by atoms with Crippen molar-refractivity contribution < 1.29 is 28.6 Å². The largest absolute Gasteiger partial charge is 0.431 e. The Balaban J connectivity index is 0.917. The summed E-state index contributed by atoms with van der Waals surface area (Å²) in [5.41, 5.74) is 15.5. The molecule has 0 spiro atoms. The normalized spacial score (nSPS) is 16.0. The maximum absolute atomic E-state index is 12.8. The van der Waals surface area contributed by atoms with Crippen LogP contribution in [0, 0.1) is 0 Å². The van der Waals surface area contributed by atoms with Crippen LogP contribution in [0.2, 0.25) is 0 Å². The highest BCUT2D eigenvalue weighted by atomic mass is 32.2. The lowest BCUT2D eigenvalue weighted by Gasteiger charge is -2.36. The third kappa shape index (κ3) is 11.3. The lowest BCUT2D eigenvalue weighted by atomic mass is 9.97. The third-order valence-electron chi connectivity index (χ3n) is 11.0. The fraction of sp³-hybridized carbons (Fsp3) is 0.212. The second kappa shape index (κ2) is 21.0. The lowest BCUT2D eigenvalue weighted by Crippen LogP contribution is -2.31. The van der Waals surface area contributed by atoms with E-state index in [1.54, 1.807) is 12.1 Å². The molecule has 2 heterocycles. The molecule has 1 aliphatic heterocycles. The number of aliphatic hydroxyl groups is 1. The van der Waals surface area contributed by atoms with E-state index in [9.17, 15) is 14.7 Å². The molecule has 6 aromatic carbocycles. The molecule has 11 heteroatoms. The number of thioether (sulfide) groups is 1. The van der Waals surface area contributed by atoms with Crippen LogP contribution in [-0.2, 0) is 32.2 Å². The highest BCUT2D eigenvalue weighted by Crippen LogP contribution is 2.41. The van der Waals surface area contributed by atoms with Crippen LogP contribution in [0.5, 0.6) is 0 Å². The number of benzene rings is 6. The number of anilines is 2. The second-order valence-electron chi connectivity index (χ2n) is 15.4. The summed E-state index contributed by atoms with van der Waals surface area (Å²) in [4.78, 5) is 30.2. The maximum atomic E-state index is 12.8. The van der Waals surface area contributed by atoms with Gasteiger partial charge in [-0.1, -0.05) is 157 Å². The molecule has 8 rings (SSSR count). The molecule has 0 bridgehead atoms. The monoisotopic (exact) mass is 858 g/mol. The minimum absolute atomic E-state index is 0.0290. The van der Waals surface area contributed by atoms with Crippen molar-refractivity contribution in [1.82, 2.24) is 10.3 Å². The first-order valence-corrected chi connectivity index (χ1v) is 22.2. The van der Waals surface area contributed by atoms with Gasteiger partial charge in [-0.2, -0.15) is 0 Å². The van der Waals surface area contributed by atoms with E-state index in [-0.39, 0.29) is 30.6 Å². The Labute approximate surface area is 371 Å². The first kappa shape index (κ1) is 43.2. The van der Waals surface area contributed by atoms with Crippen molar-refractivity contribution in [2.24, 2.45) is 0 Å². The summed E-state index contributed by atoms with van der Waals surface area (Å²) in [5.74, 6) is 1.12. The van der Waals surface area contributed by atoms with Crippen LogP contribution < -0.4 is 16.4 Å². The summed E-state index contributed by atoms with van der Waals surface area (Å²) in [7, 11) is 0. The van der Waals surface area contributed by atoms with Crippen LogP contribution >= 0.6 is 11.8 Å². The number of hydrogen-bond donors (Lipinski definition) is 4. The number of para-hydroxylation sites is 2. The number of nitrogens with two attached hydrogens (primary N) is 1. The van der Waals surface area contributed by atoms with Crippen molar-refractivity contribution in [2.45, 2.75) is 69.0 Å². The molecule has 1 saturated heterocycles. The van der Waals surface area contributed by atoms with Gasteiger partial charge < -0.3 is 35.4 Å². The molecule has 63 heavy (non-hydrogen) atoms. The van der Waals surface area contributed by atoms with Crippen molar-refractivity contribution in [3.8, 4) is 33.7 Å². The van der Waals surface area contributed by atoms with Gasteiger partial charge in [0.05, 0.1) is 30.2 Å². The number of oxazole rings is 1. The maximum Gasteiger partial charge on any atom is 0.256 e. The molecule has 10 nitrogen and oxygen atoms in total. The van der Waals surface area contributed by atoms with Gasteiger partial charge in [-0.25, -0.2) is 4.98 Å². The van der Waals surface area contributed by atoms with E-state index in [4.69, 9.17) is 24.6 Å². The van der Waals surface area contributed by atoms with E-state index in [1.165, 1.54) is 11.8 Å². The van der Waals surface area contributed by atoms with Gasteiger partial charge in [0.25, 0.3) is 5.22 Å². The first-order chi connectivity index (χ1) is 30.9. The summed E-state index contributed by atoms with van der Waals surface area (Å²) in [5, 5.41) is 16.1. The number of aliphatic hydroxyl groups excluding tert-OH is 1. The zero-order valence-electron chi connectivity index (χ0n) is 34.8. The predicted molar refractivity (Wildman–Crippen MR) is 248 cm³/mol. The number of nitrogens with zero attached hydrogens (tertiary/aromatic N) is 1. The Bertz CT molecular complexity index is 2530. The molecule has 5 N–H and O–H groups in total. The fourth-order valence-electron chi connectivity index (χ4n) is 7.58. The number of hydrogen-bond acceptors (Lipinski definition) is 9. The highest BCUT2D eigenvalue weighted by molar-refractivity contribution is 7.99. The molecule has 7 aromatic rings. The van der Waals surface area contributed by atoms with Gasteiger partial charge in [0, 0.05) is 48.3 Å². The Morgan fingerprint density at radius 1 is 0.698 bits per heavy atom. The first-order valence-electron chi connectivity index (χ1n) is 21.2. The van der Waals surface area contributed by atoms with E-state index in [2.05, 4.69) is 28.8 Å². The summed E-state index contributed by atoms with van der Waals surface area (Å²) in [6, 6.07) is 51.3. The average Bonchev–Trinajstić information content (AvgIpc) is 3.77. The summed E-state index contributed by atoms with van der Waals surface area (Å²) >= 11 is 1.53. The molecule has 1 fully saturated rings. The molecule has 0 saturated carbocycles. The van der Waals surface area contributed by atoms with E-state index in [0.717, 1.165) is 56.0 Å². The number of rotatable bonds is 17. The molecular weight excluding hydrogens is 809 g/mol. The zero-order valence-corrected chi connectivity index (χ0v) is 35.6. The van der Waals surface area contributed by atoms with Crippen LogP contribution in [0.4, 0.5) is 11.4 Å². The Morgan fingerprint density at radius 2 is 1.35 bits per heavy atom. The number of carbonyl (C=O) groups is 2.